The third-order valence-corrected chi connectivity index (χ3v) is 2.01. The zero-order valence-corrected chi connectivity index (χ0v) is 9.00. The summed E-state index contributed by atoms with van der Waals surface area (Å²) < 4.78 is 17.4. The van der Waals surface area contributed by atoms with E-state index in [2.05, 4.69) is 10.2 Å². The first-order chi connectivity index (χ1) is 7.29. The molecule has 1 heterocycles. The zero-order chi connectivity index (χ0) is 11.1. The summed E-state index contributed by atoms with van der Waals surface area (Å²) in [5.74, 6) is -0.166. The molecule has 0 amide bonds. The van der Waals surface area contributed by atoms with E-state index in [1.54, 1.807) is 26.4 Å². The minimum absolute atomic E-state index is 0.0196. The van der Waals surface area contributed by atoms with Gasteiger partial charge in [0.2, 0.25) is 0 Å². The molecule has 1 N–H and O–H groups in total. The van der Waals surface area contributed by atoms with Gasteiger partial charge in [0.1, 0.15) is 5.82 Å². The fraction of sp³-hybridized carbons (Fsp3) is 0.455. The lowest BCUT2D eigenvalue weighted by atomic mass is 10.1. The molecule has 1 aromatic rings. The van der Waals surface area contributed by atoms with Crippen LogP contribution in [-0.4, -0.2) is 20.8 Å². The summed E-state index contributed by atoms with van der Waals surface area (Å²) in [5.41, 5.74) is 3.46. The fourth-order valence-corrected chi connectivity index (χ4v) is 1.37. The maximum atomic E-state index is 13.1. The topological polar surface area (TPSA) is 30.5 Å². The van der Waals surface area contributed by atoms with E-state index in [0.29, 0.717) is 12.2 Å². The molecule has 1 fully saturated rings. The molecule has 15 heavy (non-hydrogen) atoms. The second-order valence-corrected chi connectivity index (χ2v) is 3.24. The molecule has 0 spiro atoms. The number of ether oxygens (including phenoxy) is 1. The van der Waals surface area contributed by atoms with Crippen molar-refractivity contribution in [1.82, 2.24) is 5.48 Å². The average molecular weight is 213 g/mol. The molecular weight excluding hydrogens is 197 g/mol. The summed E-state index contributed by atoms with van der Waals surface area (Å²) in [6.45, 7) is 0.652. The zero-order valence-electron chi connectivity index (χ0n) is 9.00. The maximum Gasteiger partial charge on any atom is 0.128 e. The second kappa shape index (κ2) is 6.50. The first kappa shape index (κ1) is 12.1. The molecule has 0 aromatic heterocycles. The van der Waals surface area contributed by atoms with Gasteiger partial charge in [-0.1, -0.05) is 18.2 Å². The highest BCUT2D eigenvalue weighted by Crippen LogP contribution is 2.22. The lowest BCUT2D eigenvalue weighted by Crippen LogP contribution is -2.12. The number of hydrogen-bond donors (Lipinski definition) is 1. The van der Waals surface area contributed by atoms with Gasteiger partial charge in [-0.05, 0) is 12.5 Å². The maximum absolute atomic E-state index is 13.1. The van der Waals surface area contributed by atoms with Gasteiger partial charge >= 0.3 is 0 Å². The number of methoxy groups -OCH3 is 1. The van der Waals surface area contributed by atoms with Crippen LogP contribution in [0.2, 0.25) is 0 Å². The minimum atomic E-state index is -0.166. The summed E-state index contributed by atoms with van der Waals surface area (Å²) in [4.78, 5) is 4.95. The molecule has 1 aromatic carbocycles. The third kappa shape index (κ3) is 3.58. The normalized spacial score (nSPS) is 19.5. The molecule has 2 rings (SSSR count). The van der Waals surface area contributed by atoms with Crippen LogP contribution in [0.1, 0.15) is 18.0 Å². The smallest absolute Gasteiger partial charge is 0.128 e. The van der Waals surface area contributed by atoms with Crippen LogP contribution in [0.25, 0.3) is 0 Å². The molecule has 1 aliphatic rings. The van der Waals surface area contributed by atoms with E-state index in [0.717, 1.165) is 6.42 Å². The monoisotopic (exact) mass is 213 g/mol. The van der Waals surface area contributed by atoms with Crippen molar-refractivity contribution in [2.24, 2.45) is 0 Å². The predicted molar refractivity (Wildman–Crippen MR) is 55.8 cm³/mol. The highest BCUT2D eigenvalue weighted by Gasteiger charge is 2.19. The Hall–Kier alpha value is -0.970. The summed E-state index contributed by atoms with van der Waals surface area (Å²) >= 11 is 0. The van der Waals surface area contributed by atoms with Crippen LogP contribution in [0.15, 0.2) is 24.3 Å². The molecule has 1 aliphatic heterocycles. The van der Waals surface area contributed by atoms with E-state index in [1.807, 2.05) is 6.07 Å². The molecule has 1 atom stereocenters. The molecule has 0 bridgehead atoms. The van der Waals surface area contributed by atoms with Crippen LogP contribution in [0.4, 0.5) is 4.39 Å². The van der Waals surface area contributed by atoms with Gasteiger partial charge in [-0.2, -0.15) is 5.48 Å². The van der Waals surface area contributed by atoms with Crippen LogP contribution < -0.4 is 5.48 Å². The van der Waals surface area contributed by atoms with Crippen molar-refractivity contribution in [2.75, 3.05) is 20.8 Å². The Balaban J connectivity index is 0.000000337. The molecule has 0 aliphatic carbocycles. The molecule has 3 nitrogen and oxygen atoms in total. The SMILES string of the molecule is COC.Fc1ccccc1C1CCON1. The first-order valence-corrected chi connectivity index (χ1v) is 4.81. The Labute approximate surface area is 89.2 Å². The Bertz CT molecular complexity index is 288. The number of benzene rings is 1. The minimum Gasteiger partial charge on any atom is -0.388 e. The Kier molecular flexibility index (Phi) is 5.25. The fourth-order valence-electron chi connectivity index (χ4n) is 1.37. The number of hydroxylamine groups is 1. The van der Waals surface area contributed by atoms with E-state index in [9.17, 15) is 4.39 Å². The van der Waals surface area contributed by atoms with Crippen molar-refractivity contribution < 1.29 is 14.0 Å². The van der Waals surface area contributed by atoms with E-state index in [1.165, 1.54) is 6.07 Å². The van der Waals surface area contributed by atoms with Gasteiger partial charge in [-0.25, -0.2) is 4.39 Å². The Morgan fingerprint density at radius 2 is 2.07 bits per heavy atom. The van der Waals surface area contributed by atoms with Crippen molar-refractivity contribution in [2.45, 2.75) is 12.5 Å². The first-order valence-electron chi connectivity index (χ1n) is 4.81. The van der Waals surface area contributed by atoms with Gasteiger partial charge in [0.25, 0.3) is 0 Å². The summed E-state index contributed by atoms with van der Waals surface area (Å²) in [5, 5.41) is 0. The van der Waals surface area contributed by atoms with Gasteiger partial charge < -0.3 is 9.57 Å². The van der Waals surface area contributed by atoms with Crippen LogP contribution in [0.5, 0.6) is 0 Å². The number of hydrogen-bond acceptors (Lipinski definition) is 3. The molecule has 1 saturated heterocycles. The van der Waals surface area contributed by atoms with E-state index < -0.39 is 0 Å². The van der Waals surface area contributed by atoms with Crippen molar-refractivity contribution in [3.8, 4) is 0 Å². The Morgan fingerprint density at radius 1 is 1.40 bits per heavy atom. The molecular formula is C11H16FNO2. The van der Waals surface area contributed by atoms with Gasteiger partial charge in [0, 0.05) is 19.8 Å². The Morgan fingerprint density at radius 3 is 2.60 bits per heavy atom. The van der Waals surface area contributed by atoms with Gasteiger partial charge in [0.15, 0.2) is 0 Å². The average Bonchev–Trinajstić information content (AvgIpc) is 2.72. The predicted octanol–water partition coefficient (Wildman–Crippen LogP) is 2.05. The summed E-state index contributed by atoms with van der Waals surface area (Å²) in [6.07, 6.45) is 0.834. The van der Waals surface area contributed by atoms with E-state index >= 15 is 0 Å². The highest BCUT2D eigenvalue weighted by atomic mass is 19.1. The van der Waals surface area contributed by atoms with Crippen molar-refractivity contribution in [3.05, 3.63) is 35.6 Å². The second-order valence-electron chi connectivity index (χ2n) is 3.24. The number of rotatable bonds is 1. The van der Waals surface area contributed by atoms with Crippen LogP contribution in [-0.2, 0) is 9.57 Å². The lowest BCUT2D eigenvalue weighted by Gasteiger charge is -2.08. The molecule has 0 radical (unpaired) electrons. The van der Waals surface area contributed by atoms with Crippen LogP contribution in [0.3, 0.4) is 0 Å². The largest absolute Gasteiger partial charge is 0.388 e. The van der Waals surface area contributed by atoms with Gasteiger partial charge in [-0.3, -0.25) is 0 Å². The third-order valence-electron chi connectivity index (χ3n) is 2.01. The summed E-state index contributed by atoms with van der Waals surface area (Å²) in [6, 6.07) is 6.79. The van der Waals surface area contributed by atoms with E-state index in [4.69, 9.17) is 4.84 Å². The van der Waals surface area contributed by atoms with Gasteiger partial charge in [-0.15, -0.1) is 0 Å². The molecule has 4 heteroatoms. The van der Waals surface area contributed by atoms with Crippen LogP contribution >= 0.6 is 0 Å². The summed E-state index contributed by atoms with van der Waals surface area (Å²) in [7, 11) is 3.25. The van der Waals surface area contributed by atoms with Crippen molar-refractivity contribution in [1.29, 1.82) is 0 Å². The molecule has 0 saturated carbocycles. The quantitative estimate of drug-likeness (QED) is 0.774. The highest BCUT2D eigenvalue weighted by molar-refractivity contribution is 5.21. The van der Waals surface area contributed by atoms with E-state index in [-0.39, 0.29) is 11.9 Å². The van der Waals surface area contributed by atoms with Crippen LogP contribution in [0, 0.1) is 5.82 Å². The van der Waals surface area contributed by atoms with Crippen molar-refractivity contribution in [3.63, 3.8) is 0 Å². The lowest BCUT2D eigenvalue weighted by molar-refractivity contribution is 0.0877. The van der Waals surface area contributed by atoms with Crippen molar-refractivity contribution >= 4 is 0 Å². The standard InChI is InChI=1S/C9H10FNO.C2H6O/c10-8-4-2-1-3-7(8)9-5-6-12-11-9;1-3-2/h1-4,9,11H,5-6H2;1-2H3. The molecule has 84 valence electrons. The number of nitrogens with one attached hydrogen (secondary N) is 1. The van der Waals surface area contributed by atoms with Gasteiger partial charge in [0.05, 0.1) is 12.6 Å². The number of halogens is 1. The molecule has 1 unspecified atom stereocenters.